The monoisotopic (exact) mass is 363 g/mol. The minimum atomic E-state index is -0.164. The molecule has 0 aliphatic carbocycles. The third-order valence-electron chi connectivity index (χ3n) is 3.24. The number of benzene rings is 2. The topological polar surface area (TPSA) is 29.1 Å². The number of hydrogen-bond acceptors (Lipinski definition) is 2. The Balaban J connectivity index is 2.08. The number of rotatable bonds is 4. The van der Waals surface area contributed by atoms with Crippen LogP contribution in [0, 0.1) is 13.8 Å². The standard InChI is InChI=1S/C17H18BrNOS/c1-11-7-6-8-12(2)16(11)19-17(20)13(3)21-15-10-5-4-9-14(15)18/h4-10,13H,1-3H3,(H,19,20). The molecule has 0 spiro atoms. The maximum atomic E-state index is 12.4. The zero-order valence-electron chi connectivity index (χ0n) is 12.3. The van der Waals surface area contributed by atoms with Crippen molar-refractivity contribution in [1.29, 1.82) is 0 Å². The van der Waals surface area contributed by atoms with Gasteiger partial charge in [0, 0.05) is 15.1 Å². The van der Waals surface area contributed by atoms with Gasteiger partial charge in [0.25, 0.3) is 0 Å². The summed E-state index contributed by atoms with van der Waals surface area (Å²) in [6.45, 7) is 5.94. The van der Waals surface area contributed by atoms with Crippen LogP contribution in [-0.2, 0) is 4.79 Å². The molecule has 0 saturated heterocycles. The highest BCUT2D eigenvalue weighted by Crippen LogP contribution is 2.31. The molecular weight excluding hydrogens is 346 g/mol. The first-order chi connectivity index (χ1) is 9.99. The smallest absolute Gasteiger partial charge is 0.237 e. The zero-order valence-corrected chi connectivity index (χ0v) is 14.7. The minimum Gasteiger partial charge on any atom is -0.325 e. The van der Waals surface area contributed by atoms with Crippen molar-refractivity contribution >= 4 is 39.3 Å². The van der Waals surface area contributed by atoms with Crippen LogP contribution < -0.4 is 5.32 Å². The molecular formula is C17H18BrNOS. The highest BCUT2D eigenvalue weighted by Gasteiger charge is 2.17. The Kier molecular flexibility index (Phi) is 5.48. The Morgan fingerprint density at radius 3 is 2.33 bits per heavy atom. The number of carbonyl (C=O) groups is 1. The van der Waals surface area contributed by atoms with E-state index in [-0.39, 0.29) is 11.2 Å². The lowest BCUT2D eigenvalue weighted by Gasteiger charge is -2.16. The molecule has 0 aromatic heterocycles. The van der Waals surface area contributed by atoms with E-state index in [4.69, 9.17) is 0 Å². The molecule has 0 fully saturated rings. The summed E-state index contributed by atoms with van der Waals surface area (Å²) >= 11 is 5.06. The fraction of sp³-hybridized carbons (Fsp3) is 0.235. The van der Waals surface area contributed by atoms with Gasteiger partial charge in [0.15, 0.2) is 0 Å². The van der Waals surface area contributed by atoms with Crippen LogP contribution >= 0.6 is 27.7 Å². The number of aryl methyl sites for hydroxylation is 2. The average Bonchev–Trinajstić information content (AvgIpc) is 2.45. The fourth-order valence-electron chi connectivity index (χ4n) is 2.02. The largest absolute Gasteiger partial charge is 0.325 e. The molecule has 0 bridgehead atoms. The number of thioether (sulfide) groups is 1. The molecule has 1 amide bonds. The number of carbonyl (C=O) groups excluding carboxylic acids is 1. The van der Waals surface area contributed by atoms with Crippen LogP contribution in [0.2, 0.25) is 0 Å². The van der Waals surface area contributed by atoms with Crippen LogP contribution in [0.25, 0.3) is 0 Å². The van der Waals surface area contributed by atoms with E-state index in [0.717, 1.165) is 26.2 Å². The van der Waals surface area contributed by atoms with Gasteiger partial charge in [-0.2, -0.15) is 0 Å². The van der Waals surface area contributed by atoms with Crippen LogP contribution in [0.1, 0.15) is 18.1 Å². The van der Waals surface area contributed by atoms with Gasteiger partial charge in [-0.1, -0.05) is 30.3 Å². The summed E-state index contributed by atoms with van der Waals surface area (Å²) in [7, 11) is 0. The molecule has 0 saturated carbocycles. The van der Waals surface area contributed by atoms with Crippen molar-refractivity contribution in [3.05, 3.63) is 58.1 Å². The molecule has 2 aromatic rings. The van der Waals surface area contributed by atoms with Crippen molar-refractivity contribution in [3.63, 3.8) is 0 Å². The number of para-hydroxylation sites is 1. The third kappa shape index (κ3) is 4.11. The van der Waals surface area contributed by atoms with Crippen molar-refractivity contribution in [2.45, 2.75) is 30.9 Å². The molecule has 1 unspecified atom stereocenters. The Hall–Kier alpha value is -1.26. The molecule has 21 heavy (non-hydrogen) atoms. The van der Waals surface area contributed by atoms with Crippen LogP contribution in [0.15, 0.2) is 51.8 Å². The molecule has 4 heteroatoms. The van der Waals surface area contributed by atoms with E-state index in [1.807, 2.05) is 63.2 Å². The maximum Gasteiger partial charge on any atom is 0.237 e. The molecule has 1 atom stereocenters. The van der Waals surface area contributed by atoms with E-state index in [1.165, 1.54) is 0 Å². The number of amides is 1. The summed E-state index contributed by atoms with van der Waals surface area (Å²) in [5.74, 6) is 0.0214. The van der Waals surface area contributed by atoms with Crippen LogP contribution in [0.5, 0.6) is 0 Å². The first-order valence-electron chi connectivity index (χ1n) is 6.77. The van der Waals surface area contributed by atoms with Gasteiger partial charge in [-0.05, 0) is 60.0 Å². The highest BCUT2D eigenvalue weighted by atomic mass is 79.9. The Morgan fingerprint density at radius 1 is 1.10 bits per heavy atom. The van der Waals surface area contributed by atoms with Gasteiger partial charge >= 0.3 is 0 Å². The van der Waals surface area contributed by atoms with Crippen molar-refractivity contribution in [1.82, 2.24) is 0 Å². The van der Waals surface area contributed by atoms with E-state index < -0.39 is 0 Å². The molecule has 0 aliphatic rings. The summed E-state index contributed by atoms with van der Waals surface area (Å²) in [5.41, 5.74) is 3.09. The summed E-state index contributed by atoms with van der Waals surface area (Å²) in [6.07, 6.45) is 0. The van der Waals surface area contributed by atoms with E-state index in [0.29, 0.717) is 0 Å². The second-order valence-electron chi connectivity index (χ2n) is 4.95. The van der Waals surface area contributed by atoms with E-state index in [2.05, 4.69) is 21.2 Å². The highest BCUT2D eigenvalue weighted by molar-refractivity contribution is 9.10. The van der Waals surface area contributed by atoms with Crippen LogP contribution in [-0.4, -0.2) is 11.2 Å². The number of anilines is 1. The van der Waals surface area contributed by atoms with Gasteiger partial charge in [-0.25, -0.2) is 0 Å². The Morgan fingerprint density at radius 2 is 1.71 bits per heavy atom. The van der Waals surface area contributed by atoms with Crippen molar-refractivity contribution < 1.29 is 4.79 Å². The molecule has 2 rings (SSSR count). The first kappa shape index (κ1) is 16.1. The SMILES string of the molecule is Cc1cccc(C)c1NC(=O)C(C)Sc1ccccc1Br. The van der Waals surface area contributed by atoms with E-state index in [9.17, 15) is 4.79 Å². The summed E-state index contributed by atoms with van der Waals surface area (Å²) in [6, 6.07) is 14.0. The first-order valence-corrected chi connectivity index (χ1v) is 8.44. The van der Waals surface area contributed by atoms with Crippen LogP contribution in [0.4, 0.5) is 5.69 Å². The molecule has 1 N–H and O–H groups in total. The van der Waals surface area contributed by atoms with Crippen molar-refractivity contribution in [2.75, 3.05) is 5.32 Å². The molecule has 2 nitrogen and oxygen atoms in total. The second-order valence-corrected chi connectivity index (χ2v) is 7.18. The quantitative estimate of drug-likeness (QED) is 0.757. The lowest BCUT2D eigenvalue weighted by Crippen LogP contribution is -2.23. The van der Waals surface area contributed by atoms with Gasteiger partial charge < -0.3 is 5.32 Å². The lowest BCUT2D eigenvalue weighted by atomic mass is 10.1. The van der Waals surface area contributed by atoms with Crippen LogP contribution in [0.3, 0.4) is 0 Å². The van der Waals surface area contributed by atoms with Gasteiger partial charge in [-0.3, -0.25) is 4.79 Å². The Labute approximate surface area is 138 Å². The Bertz CT molecular complexity index is 637. The molecule has 2 aromatic carbocycles. The van der Waals surface area contributed by atoms with Crippen molar-refractivity contribution in [2.24, 2.45) is 0 Å². The van der Waals surface area contributed by atoms with Gasteiger partial charge in [0.2, 0.25) is 5.91 Å². The summed E-state index contributed by atoms with van der Waals surface area (Å²) in [5, 5.41) is 2.88. The molecule has 110 valence electrons. The maximum absolute atomic E-state index is 12.4. The number of hydrogen-bond donors (Lipinski definition) is 1. The predicted octanol–water partition coefficient (Wildman–Crippen LogP) is 5.19. The summed E-state index contributed by atoms with van der Waals surface area (Å²) in [4.78, 5) is 13.5. The number of nitrogens with one attached hydrogen (secondary N) is 1. The van der Waals surface area contributed by atoms with Gasteiger partial charge in [0.1, 0.15) is 0 Å². The normalized spacial score (nSPS) is 12.0. The third-order valence-corrected chi connectivity index (χ3v) is 5.37. The summed E-state index contributed by atoms with van der Waals surface area (Å²) < 4.78 is 1.02. The fourth-order valence-corrected chi connectivity index (χ4v) is 3.47. The molecule has 0 heterocycles. The minimum absolute atomic E-state index is 0.0214. The van der Waals surface area contributed by atoms with Crippen molar-refractivity contribution in [3.8, 4) is 0 Å². The predicted molar refractivity (Wildman–Crippen MR) is 94.0 cm³/mol. The van der Waals surface area contributed by atoms with Gasteiger partial charge in [-0.15, -0.1) is 11.8 Å². The molecule has 0 radical (unpaired) electrons. The number of halogens is 1. The average molecular weight is 364 g/mol. The van der Waals surface area contributed by atoms with Gasteiger partial charge in [0.05, 0.1) is 5.25 Å². The lowest BCUT2D eigenvalue weighted by molar-refractivity contribution is -0.115. The second kappa shape index (κ2) is 7.14. The van der Waals surface area contributed by atoms with E-state index >= 15 is 0 Å². The van der Waals surface area contributed by atoms with E-state index in [1.54, 1.807) is 11.8 Å². The molecule has 0 aliphatic heterocycles. The zero-order chi connectivity index (χ0) is 15.4.